The Bertz CT molecular complexity index is 713. The number of alkyl carbamates (subject to hydrolysis) is 1. The lowest BCUT2D eigenvalue weighted by Crippen LogP contribution is -2.31. The molecule has 0 bridgehead atoms. The summed E-state index contributed by atoms with van der Waals surface area (Å²) in [6.45, 7) is 7.26. The van der Waals surface area contributed by atoms with Gasteiger partial charge in [0, 0.05) is 44.6 Å². The molecule has 0 radical (unpaired) electrons. The molecule has 1 aliphatic heterocycles. The number of amides is 1. The summed E-state index contributed by atoms with van der Waals surface area (Å²) < 4.78 is 6.60. The van der Waals surface area contributed by atoms with E-state index >= 15 is 0 Å². The van der Waals surface area contributed by atoms with E-state index in [4.69, 9.17) is 4.74 Å². The van der Waals surface area contributed by atoms with Crippen LogP contribution in [0.2, 0.25) is 0 Å². The van der Waals surface area contributed by atoms with Crippen molar-refractivity contribution in [2.24, 2.45) is 0 Å². The molecular formula is C16H17N3O4. The van der Waals surface area contributed by atoms with Gasteiger partial charge in [-0.1, -0.05) is 12.7 Å². The number of hydrogen-bond acceptors (Lipinski definition) is 5. The van der Waals surface area contributed by atoms with Crippen LogP contribution in [0.25, 0.3) is 0 Å². The van der Waals surface area contributed by atoms with Crippen molar-refractivity contribution in [3.63, 3.8) is 0 Å². The lowest BCUT2D eigenvalue weighted by atomic mass is 9.97. The number of fused-ring (bicyclic) bond motifs is 1. The van der Waals surface area contributed by atoms with E-state index in [1.807, 2.05) is 4.57 Å². The van der Waals surface area contributed by atoms with Gasteiger partial charge in [-0.15, -0.1) is 0 Å². The first-order valence-corrected chi connectivity index (χ1v) is 7.36. The summed E-state index contributed by atoms with van der Waals surface area (Å²) in [5.74, 6) is -0.690. The van der Waals surface area contributed by atoms with Crippen LogP contribution in [0.1, 0.15) is 20.7 Å². The van der Waals surface area contributed by atoms with Gasteiger partial charge in [0.2, 0.25) is 5.78 Å². The molecule has 23 heavy (non-hydrogen) atoms. The van der Waals surface area contributed by atoms with E-state index in [0.717, 1.165) is 32.3 Å². The Morgan fingerprint density at radius 3 is 2.70 bits per heavy atom. The Hall–Kier alpha value is -2.67. The molecule has 1 aromatic rings. The number of aromatic nitrogens is 1. The quantitative estimate of drug-likeness (QED) is 0.625. The highest BCUT2D eigenvalue weighted by molar-refractivity contribution is 6.25. The summed E-state index contributed by atoms with van der Waals surface area (Å²) >= 11 is 0. The fraction of sp³-hybridized carbons (Fsp3) is 0.312. The minimum absolute atomic E-state index is 0.0272. The Balaban J connectivity index is 1.71. The SMILES string of the molecule is C=CCOC(=O)NC1=CC(=O)c2cn(CCN3CC3)cc2C1=O. The number of hydrogen-bond donors (Lipinski definition) is 1. The van der Waals surface area contributed by atoms with Crippen molar-refractivity contribution in [3.8, 4) is 0 Å². The second-order valence-electron chi connectivity index (χ2n) is 5.43. The van der Waals surface area contributed by atoms with E-state index in [0.29, 0.717) is 11.1 Å². The summed E-state index contributed by atoms with van der Waals surface area (Å²) in [5.41, 5.74) is 0.605. The predicted octanol–water partition coefficient (Wildman–Crippen LogP) is 0.979. The standard InChI is InChI=1S/C16H17N3O4/c1-2-7-23-16(22)17-13-8-14(20)11-9-19(6-5-18-3-4-18)10-12(11)15(13)21/h2,8-10H,1,3-7H2,(H,17,22). The molecule has 120 valence electrons. The highest BCUT2D eigenvalue weighted by Gasteiger charge is 2.29. The first kappa shape index (κ1) is 15.2. The number of rotatable bonds is 6. The molecule has 0 atom stereocenters. The third-order valence-corrected chi connectivity index (χ3v) is 3.69. The maximum Gasteiger partial charge on any atom is 0.412 e. The topological polar surface area (TPSA) is 80.4 Å². The average molecular weight is 315 g/mol. The lowest BCUT2D eigenvalue weighted by molar-refractivity contribution is 0.0975. The van der Waals surface area contributed by atoms with Gasteiger partial charge in [0.05, 0.1) is 16.8 Å². The molecular weight excluding hydrogens is 298 g/mol. The van der Waals surface area contributed by atoms with Gasteiger partial charge in [0.15, 0.2) is 5.78 Å². The van der Waals surface area contributed by atoms with Gasteiger partial charge in [-0.25, -0.2) is 4.79 Å². The largest absolute Gasteiger partial charge is 0.445 e. The van der Waals surface area contributed by atoms with Crippen LogP contribution in [0, 0.1) is 0 Å². The second-order valence-corrected chi connectivity index (χ2v) is 5.43. The zero-order valence-corrected chi connectivity index (χ0v) is 12.6. The summed E-state index contributed by atoms with van der Waals surface area (Å²) in [7, 11) is 0. The zero-order chi connectivity index (χ0) is 16.4. The number of nitrogens with zero attached hydrogens (tertiary/aromatic N) is 2. The van der Waals surface area contributed by atoms with E-state index < -0.39 is 6.09 Å². The Morgan fingerprint density at radius 2 is 2.00 bits per heavy atom. The number of ketones is 2. The highest BCUT2D eigenvalue weighted by atomic mass is 16.5. The van der Waals surface area contributed by atoms with E-state index in [-0.39, 0.29) is 23.9 Å². The van der Waals surface area contributed by atoms with Crippen LogP contribution < -0.4 is 5.32 Å². The molecule has 7 heteroatoms. The summed E-state index contributed by atoms with van der Waals surface area (Å²) in [4.78, 5) is 38.3. The van der Waals surface area contributed by atoms with Crippen molar-refractivity contribution in [3.05, 3.63) is 47.9 Å². The lowest BCUT2D eigenvalue weighted by Gasteiger charge is -2.12. The van der Waals surface area contributed by atoms with Crippen molar-refractivity contribution in [1.82, 2.24) is 14.8 Å². The molecule has 0 unspecified atom stereocenters. The van der Waals surface area contributed by atoms with Crippen LogP contribution >= 0.6 is 0 Å². The van der Waals surface area contributed by atoms with E-state index in [2.05, 4.69) is 16.8 Å². The number of carbonyl (C=O) groups excluding carboxylic acids is 3. The van der Waals surface area contributed by atoms with Crippen LogP contribution in [-0.2, 0) is 11.3 Å². The molecule has 1 fully saturated rings. The first-order chi connectivity index (χ1) is 11.1. The molecule has 2 heterocycles. The molecule has 1 aliphatic carbocycles. The maximum atomic E-state index is 12.4. The number of allylic oxidation sites excluding steroid dienone is 2. The third kappa shape index (κ3) is 3.40. The summed E-state index contributed by atoms with van der Waals surface area (Å²) in [6.07, 6.45) is 5.09. The predicted molar refractivity (Wildman–Crippen MR) is 82.3 cm³/mol. The summed E-state index contributed by atoms with van der Waals surface area (Å²) in [5, 5.41) is 2.31. The Morgan fingerprint density at radius 1 is 1.26 bits per heavy atom. The van der Waals surface area contributed by atoms with E-state index in [1.165, 1.54) is 6.08 Å². The number of carbonyl (C=O) groups is 3. The molecule has 1 N–H and O–H groups in total. The maximum absolute atomic E-state index is 12.4. The van der Waals surface area contributed by atoms with E-state index in [1.54, 1.807) is 12.4 Å². The van der Waals surface area contributed by atoms with Crippen LogP contribution in [-0.4, -0.2) is 53.4 Å². The second kappa shape index (κ2) is 6.21. The molecule has 2 aliphatic rings. The average Bonchev–Trinajstić information content (AvgIpc) is 3.25. The molecule has 0 saturated carbocycles. The zero-order valence-electron chi connectivity index (χ0n) is 12.6. The van der Waals surface area contributed by atoms with Crippen molar-refractivity contribution >= 4 is 17.7 Å². The van der Waals surface area contributed by atoms with Crippen LogP contribution in [0.4, 0.5) is 4.79 Å². The fourth-order valence-corrected chi connectivity index (χ4v) is 2.36. The number of ether oxygens (including phenoxy) is 1. The third-order valence-electron chi connectivity index (χ3n) is 3.69. The molecule has 3 rings (SSSR count). The van der Waals surface area contributed by atoms with Gasteiger partial charge in [0.1, 0.15) is 6.61 Å². The van der Waals surface area contributed by atoms with Gasteiger partial charge in [-0.3, -0.25) is 19.8 Å². The Kier molecular flexibility index (Phi) is 4.12. The van der Waals surface area contributed by atoms with Crippen molar-refractivity contribution < 1.29 is 19.1 Å². The van der Waals surface area contributed by atoms with Crippen LogP contribution in [0.15, 0.2) is 36.8 Å². The molecule has 7 nitrogen and oxygen atoms in total. The molecule has 1 aromatic heterocycles. The molecule has 1 amide bonds. The van der Waals surface area contributed by atoms with Gasteiger partial charge < -0.3 is 9.30 Å². The smallest absolute Gasteiger partial charge is 0.412 e. The van der Waals surface area contributed by atoms with Gasteiger partial charge in [-0.2, -0.15) is 0 Å². The first-order valence-electron chi connectivity index (χ1n) is 7.36. The number of Topliss-reactive ketones (excluding diaryl/α,β-unsaturated/α-hetero) is 1. The van der Waals surface area contributed by atoms with Crippen molar-refractivity contribution in [2.45, 2.75) is 6.54 Å². The van der Waals surface area contributed by atoms with Crippen molar-refractivity contribution in [2.75, 3.05) is 26.2 Å². The van der Waals surface area contributed by atoms with Crippen LogP contribution in [0.3, 0.4) is 0 Å². The minimum Gasteiger partial charge on any atom is -0.445 e. The monoisotopic (exact) mass is 315 g/mol. The Labute approximate surface area is 133 Å². The normalized spacial score (nSPS) is 16.6. The molecule has 1 saturated heterocycles. The van der Waals surface area contributed by atoms with Crippen molar-refractivity contribution in [1.29, 1.82) is 0 Å². The van der Waals surface area contributed by atoms with Gasteiger partial charge in [-0.05, 0) is 0 Å². The van der Waals surface area contributed by atoms with Gasteiger partial charge in [0.25, 0.3) is 0 Å². The fourth-order valence-electron chi connectivity index (χ4n) is 2.36. The molecule has 0 aromatic carbocycles. The van der Waals surface area contributed by atoms with Gasteiger partial charge >= 0.3 is 6.09 Å². The minimum atomic E-state index is -0.790. The molecule has 0 spiro atoms. The highest BCUT2D eigenvalue weighted by Crippen LogP contribution is 2.21. The van der Waals surface area contributed by atoms with E-state index in [9.17, 15) is 14.4 Å². The summed E-state index contributed by atoms with van der Waals surface area (Å²) in [6, 6.07) is 0. The van der Waals surface area contributed by atoms with Crippen LogP contribution in [0.5, 0.6) is 0 Å². The number of nitrogens with one attached hydrogen (secondary N) is 1.